The molecule has 1 aliphatic heterocycles. The minimum Gasteiger partial charge on any atom is -0.496 e. The van der Waals surface area contributed by atoms with Crippen molar-refractivity contribution in [2.45, 2.75) is 12.8 Å². The Morgan fingerprint density at radius 2 is 1.95 bits per heavy atom. The fraction of sp³-hybridized carbons (Fsp3) is 0.310. The third-order valence-electron chi connectivity index (χ3n) is 6.59. The first kappa shape index (κ1) is 26.8. The van der Waals surface area contributed by atoms with Gasteiger partial charge in [-0.15, -0.1) is 0 Å². The molecular weight excluding hydrogens is 485 g/mol. The summed E-state index contributed by atoms with van der Waals surface area (Å²) in [5, 5.41) is 6.55. The number of halogens is 1. The van der Waals surface area contributed by atoms with Crippen molar-refractivity contribution in [1.82, 2.24) is 25.4 Å². The van der Waals surface area contributed by atoms with Gasteiger partial charge in [-0.2, -0.15) is 0 Å². The third kappa shape index (κ3) is 5.51. The van der Waals surface area contributed by atoms with Crippen LogP contribution in [-0.4, -0.2) is 74.5 Å². The molecule has 3 N–H and O–H groups in total. The quantitative estimate of drug-likeness (QED) is 0.372. The SMILES string of the molecule is CN/C=C\NCCC(=O)N1CCC=C(c2cc(-c3ccccc3OC)c3cc(C(=O)N(C)C)[nH]c3c2F)C1. The van der Waals surface area contributed by atoms with E-state index in [9.17, 15) is 9.59 Å². The van der Waals surface area contributed by atoms with Crippen LogP contribution in [-0.2, 0) is 4.79 Å². The average Bonchev–Trinajstić information content (AvgIpc) is 3.39. The second-order valence-electron chi connectivity index (χ2n) is 9.32. The first-order valence-electron chi connectivity index (χ1n) is 12.6. The van der Waals surface area contributed by atoms with E-state index in [-0.39, 0.29) is 17.3 Å². The van der Waals surface area contributed by atoms with Gasteiger partial charge in [0.2, 0.25) is 5.91 Å². The number of amides is 2. The monoisotopic (exact) mass is 519 g/mol. The molecule has 200 valence electrons. The molecule has 0 fully saturated rings. The summed E-state index contributed by atoms with van der Waals surface area (Å²) in [7, 11) is 6.70. The van der Waals surface area contributed by atoms with Crippen molar-refractivity contribution < 1.29 is 18.7 Å². The van der Waals surface area contributed by atoms with Crippen LogP contribution in [0.5, 0.6) is 5.75 Å². The first-order valence-corrected chi connectivity index (χ1v) is 12.6. The van der Waals surface area contributed by atoms with Crippen molar-refractivity contribution >= 4 is 28.3 Å². The van der Waals surface area contributed by atoms with Crippen LogP contribution in [0, 0.1) is 5.82 Å². The molecule has 8 nitrogen and oxygen atoms in total. The maximum absolute atomic E-state index is 16.1. The van der Waals surface area contributed by atoms with Crippen molar-refractivity contribution in [2.75, 3.05) is 47.9 Å². The molecule has 2 aromatic carbocycles. The topological polar surface area (TPSA) is 89.7 Å². The number of nitrogens with zero attached hydrogens (tertiary/aromatic N) is 2. The molecule has 0 atom stereocenters. The molecule has 0 spiro atoms. The van der Waals surface area contributed by atoms with Crippen LogP contribution in [0.2, 0.25) is 0 Å². The minimum atomic E-state index is -0.448. The number of H-pyrrole nitrogens is 1. The number of benzene rings is 2. The van der Waals surface area contributed by atoms with Gasteiger partial charge in [-0.1, -0.05) is 24.3 Å². The van der Waals surface area contributed by atoms with E-state index in [1.807, 2.05) is 30.3 Å². The standard InChI is InChI=1S/C29H34FN5O3/c1-31-13-14-32-12-11-26(36)35-15-7-8-19(18-35)21-16-22(20-9-5-6-10-25(20)38-4)23-17-24(29(37)34(2)3)33-28(23)27(21)30/h5-6,8-10,13-14,16-17,31-33H,7,11-12,15,18H2,1-4H3/b14-13-. The first-order chi connectivity index (χ1) is 18.3. The van der Waals surface area contributed by atoms with E-state index < -0.39 is 5.82 Å². The summed E-state index contributed by atoms with van der Waals surface area (Å²) in [6, 6.07) is 11.0. The molecular formula is C29H34FN5O3. The Labute approximate surface area is 222 Å². The number of aromatic amines is 1. The second-order valence-corrected chi connectivity index (χ2v) is 9.32. The molecule has 0 saturated heterocycles. The summed E-state index contributed by atoms with van der Waals surface area (Å²) in [5.41, 5.74) is 3.21. The van der Waals surface area contributed by atoms with Gasteiger partial charge < -0.3 is 30.2 Å². The highest BCUT2D eigenvalue weighted by Crippen LogP contribution is 2.40. The Balaban J connectivity index is 1.74. The Morgan fingerprint density at radius 3 is 2.68 bits per heavy atom. The van der Waals surface area contributed by atoms with Gasteiger partial charge in [-0.05, 0) is 35.8 Å². The van der Waals surface area contributed by atoms with Gasteiger partial charge in [0.25, 0.3) is 5.91 Å². The number of hydrogen-bond acceptors (Lipinski definition) is 5. The van der Waals surface area contributed by atoms with E-state index in [0.717, 1.165) is 16.7 Å². The van der Waals surface area contributed by atoms with Crippen LogP contribution in [0.4, 0.5) is 4.39 Å². The van der Waals surface area contributed by atoms with E-state index >= 15 is 4.39 Å². The number of rotatable bonds is 9. The number of hydrogen-bond donors (Lipinski definition) is 3. The molecule has 2 heterocycles. The second kappa shape index (κ2) is 11.9. The molecule has 0 saturated carbocycles. The van der Waals surface area contributed by atoms with Gasteiger partial charge in [-0.3, -0.25) is 9.59 Å². The lowest BCUT2D eigenvalue weighted by atomic mass is 9.93. The van der Waals surface area contributed by atoms with Gasteiger partial charge in [0.05, 0.1) is 12.6 Å². The van der Waals surface area contributed by atoms with Crippen LogP contribution >= 0.6 is 0 Å². The Bertz CT molecular complexity index is 1390. The van der Waals surface area contributed by atoms with Gasteiger partial charge in [0, 0.05) is 76.1 Å². The van der Waals surface area contributed by atoms with Gasteiger partial charge >= 0.3 is 0 Å². The van der Waals surface area contributed by atoms with Crippen LogP contribution in [0.15, 0.2) is 54.9 Å². The normalized spacial score (nSPS) is 13.5. The number of carbonyl (C=O) groups excluding carboxylic acids is 2. The summed E-state index contributed by atoms with van der Waals surface area (Å²) in [6.07, 6.45) is 6.46. The number of ether oxygens (including phenoxy) is 1. The fourth-order valence-electron chi connectivity index (χ4n) is 4.65. The summed E-state index contributed by atoms with van der Waals surface area (Å²) in [4.78, 5) is 31.8. The zero-order chi connectivity index (χ0) is 27.2. The number of nitrogens with one attached hydrogen (secondary N) is 3. The van der Waals surface area contributed by atoms with E-state index in [1.165, 1.54) is 4.90 Å². The maximum atomic E-state index is 16.1. The van der Waals surface area contributed by atoms with E-state index in [1.54, 1.807) is 57.7 Å². The molecule has 4 rings (SSSR count). The molecule has 2 amide bonds. The third-order valence-corrected chi connectivity index (χ3v) is 6.59. The zero-order valence-corrected chi connectivity index (χ0v) is 22.2. The Morgan fingerprint density at radius 1 is 1.16 bits per heavy atom. The van der Waals surface area contributed by atoms with E-state index in [0.29, 0.717) is 54.9 Å². The van der Waals surface area contributed by atoms with E-state index in [2.05, 4.69) is 15.6 Å². The largest absolute Gasteiger partial charge is 0.496 e. The van der Waals surface area contributed by atoms with E-state index in [4.69, 9.17) is 4.74 Å². The number of fused-ring (bicyclic) bond motifs is 1. The molecule has 0 aliphatic carbocycles. The highest BCUT2D eigenvalue weighted by atomic mass is 19.1. The molecule has 9 heteroatoms. The molecule has 1 aromatic heterocycles. The van der Waals surface area contributed by atoms with Crippen LogP contribution in [0.1, 0.15) is 28.9 Å². The highest BCUT2D eigenvalue weighted by Gasteiger charge is 2.25. The zero-order valence-electron chi connectivity index (χ0n) is 22.2. The summed E-state index contributed by atoms with van der Waals surface area (Å²) in [5.74, 6) is -0.0516. The van der Waals surface area contributed by atoms with Crippen molar-refractivity contribution in [2.24, 2.45) is 0 Å². The number of aromatic nitrogens is 1. The average molecular weight is 520 g/mol. The molecule has 0 bridgehead atoms. The van der Waals surface area contributed by atoms with Crippen LogP contribution in [0.25, 0.3) is 27.6 Å². The fourth-order valence-corrected chi connectivity index (χ4v) is 4.65. The van der Waals surface area contributed by atoms with Crippen molar-refractivity contribution in [3.05, 3.63) is 71.9 Å². The summed E-state index contributed by atoms with van der Waals surface area (Å²) < 4.78 is 21.7. The smallest absolute Gasteiger partial charge is 0.269 e. The molecule has 1 aliphatic rings. The van der Waals surface area contributed by atoms with Gasteiger partial charge in [0.1, 0.15) is 11.4 Å². The lowest BCUT2D eigenvalue weighted by Gasteiger charge is -2.28. The maximum Gasteiger partial charge on any atom is 0.269 e. The number of methoxy groups -OCH3 is 1. The van der Waals surface area contributed by atoms with Gasteiger partial charge in [0.15, 0.2) is 5.82 Å². The summed E-state index contributed by atoms with van der Waals surface area (Å²) in [6.45, 7) is 1.40. The molecule has 3 aromatic rings. The minimum absolute atomic E-state index is 0.00568. The lowest BCUT2D eigenvalue weighted by molar-refractivity contribution is -0.130. The van der Waals surface area contributed by atoms with Crippen LogP contribution in [0.3, 0.4) is 0 Å². The molecule has 38 heavy (non-hydrogen) atoms. The van der Waals surface area contributed by atoms with Gasteiger partial charge in [-0.25, -0.2) is 4.39 Å². The van der Waals surface area contributed by atoms with Crippen molar-refractivity contribution in [3.8, 4) is 16.9 Å². The lowest BCUT2D eigenvalue weighted by Crippen LogP contribution is -2.36. The number of para-hydroxylation sites is 1. The number of carbonyl (C=O) groups is 2. The van der Waals surface area contributed by atoms with Crippen LogP contribution < -0.4 is 15.4 Å². The highest BCUT2D eigenvalue weighted by molar-refractivity contribution is 6.05. The van der Waals surface area contributed by atoms with Crippen molar-refractivity contribution in [3.63, 3.8) is 0 Å². The summed E-state index contributed by atoms with van der Waals surface area (Å²) >= 11 is 0. The predicted octanol–water partition coefficient (Wildman–Crippen LogP) is 3.97. The van der Waals surface area contributed by atoms with Crippen molar-refractivity contribution in [1.29, 1.82) is 0 Å². The predicted molar refractivity (Wildman–Crippen MR) is 148 cm³/mol. The Kier molecular flexibility index (Phi) is 8.35. The Hall–Kier alpha value is -4.27. The molecule has 0 unspecified atom stereocenters. The molecule has 0 radical (unpaired) electrons.